The van der Waals surface area contributed by atoms with E-state index in [-0.39, 0.29) is 18.0 Å². The summed E-state index contributed by atoms with van der Waals surface area (Å²) in [7, 11) is 0. The molecule has 0 fully saturated rings. The molecule has 1 unspecified atom stereocenters. The third-order valence-corrected chi connectivity index (χ3v) is 6.44. The average Bonchev–Trinajstić information content (AvgIpc) is 2.83. The summed E-state index contributed by atoms with van der Waals surface area (Å²) in [6, 6.07) is 28.4. The van der Waals surface area contributed by atoms with Crippen LogP contribution in [0.1, 0.15) is 30.5 Å². The quantitative estimate of drug-likeness (QED) is 0.352. The van der Waals surface area contributed by atoms with Gasteiger partial charge in [-0.15, -0.1) is 0 Å². The Morgan fingerprint density at radius 2 is 1.79 bits per heavy atom. The van der Waals surface area contributed by atoms with E-state index in [1.165, 1.54) is 34.0 Å². The van der Waals surface area contributed by atoms with Crippen LogP contribution in [0.15, 0.2) is 84.9 Å². The number of benzene rings is 4. The first-order valence-electron chi connectivity index (χ1n) is 11.6. The molecule has 0 radical (unpaired) electrons. The van der Waals surface area contributed by atoms with Gasteiger partial charge in [-0.3, -0.25) is 0 Å². The second-order valence-electron chi connectivity index (χ2n) is 8.83. The molecule has 0 aliphatic carbocycles. The van der Waals surface area contributed by atoms with Crippen LogP contribution in [-0.4, -0.2) is 19.2 Å². The third-order valence-electron chi connectivity index (χ3n) is 6.44. The second kappa shape index (κ2) is 9.24. The number of ether oxygens (including phenoxy) is 1. The van der Waals surface area contributed by atoms with E-state index in [0.717, 1.165) is 30.9 Å². The minimum absolute atomic E-state index is 0.0344. The number of aryl methyl sites for hydroxylation is 1. The van der Waals surface area contributed by atoms with Crippen molar-refractivity contribution >= 4 is 22.1 Å². The molecule has 1 aliphatic rings. The first-order chi connectivity index (χ1) is 16.1. The molecule has 1 aliphatic heterocycles. The highest BCUT2D eigenvalue weighted by Crippen LogP contribution is 2.39. The average molecular weight is 441 g/mol. The molecular weight excluding hydrogens is 411 g/mol. The number of anilines is 2. The number of halogens is 1. The third kappa shape index (κ3) is 4.57. The van der Waals surface area contributed by atoms with Gasteiger partial charge in [0, 0.05) is 17.8 Å². The number of rotatable bonds is 6. The molecule has 4 aromatic rings. The summed E-state index contributed by atoms with van der Waals surface area (Å²) in [4.78, 5) is 2.23. The number of nitrogens with one attached hydrogen (secondary N) is 1. The van der Waals surface area contributed by atoms with Crippen LogP contribution in [0.2, 0.25) is 0 Å². The molecule has 4 aromatic carbocycles. The lowest BCUT2D eigenvalue weighted by molar-refractivity contribution is 0.185. The largest absolute Gasteiger partial charge is 0.486 e. The fourth-order valence-corrected chi connectivity index (χ4v) is 4.64. The normalized spacial score (nSPS) is 16.3. The van der Waals surface area contributed by atoms with E-state index in [1.807, 2.05) is 6.07 Å². The van der Waals surface area contributed by atoms with Gasteiger partial charge < -0.3 is 15.0 Å². The van der Waals surface area contributed by atoms with Gasteiger partial charge in [0.1, 0.15) is 17.7 Å². The van der Waals surface area contributed by atoms with Crippen LogP contribution in [0.3, 0.4) is 0 Å². The monoisotopic (exact) mass is 440 g/mol. The summed E-state index contributed by atoms with van der Waals surface area (Å²) < 4.78 is 20.2. The Bertz CT molecular complexity index is 1250. The van der Waals surface area contributed by atoms with Gasteiger partial charge in [-0.05, 0) is 67.4 Å². The van der Waals surface area contributed by atoms with Crippen LogP contribution in [0, 0.1) is 12.7 Å². The smallest absolute Gasteiger partial charge is 0.146 e. The van der Waals surface area contributed by atoms with Crippen LogP contribution in [0.5, 0.6) is 5.75 Å². The van der Waals surface area contributed by atoms with E-state index in [9.17, 15) is 4.39 Å². The van der Waals surface area contributed by atoms with Crippen molar-refractivity contribution in [2.24, 2.45) is 0 Å². The summed E-state index contributed by atoms with van der Waals surface area (Å²) in [6.07, 6.45) is 0.792. The van der Waals surface area contributed by atoms with Crippen LogP contribution in [0.4, 0.5) is 15.8 Å². The predicted molar refractivity (Wildman–Crippen MR) is 134 cm³/mol. The van der Waals surface area contributed by atoms with Crippen LogP contribution in [-0.2, 0) is 0 Å². The van der Waals surface area contributed by atoms with Gasteiger partial charge in [0.2, 0.25) is 0 Å². The summed E-state index contributed by atoms with van der Waals surface area (Å²) in [5.74, 6) is 0.329. The Kier molecular flexibility index (Phi) is 6.01. The minimum Gasteiger partial charge on any atom is -0.486 e. The Morgan fingerprint density at radius 3 is 2.64 bits per heavy atom. The number of hydrogen-bond acceptors (Lipinski definition) is 3. The molecule has 0 aromatic heterocycles. The molecule has 3 nitrogen and oxygen atoms in total. The summed E-state index contributed by atoms with van der Waals surface area (Å²) >= 11 is 0. The van der Waals surface area contributed by atoms with Gasteiger partial charge >= 0.3 is 0 Å². The fraction of sp³-hybridized carbons (Fsp3) is 0.241. The SMILES string of the molecule is Cc1ccc(N2CC(CCN[C@H](C)c3cccc4ccccc34)Oc3cc(F)ccc32)cc1. The van der Waals surface area contributed by atoms with E-state index in [4.69, 9.17) is 4.74 Å². The van der Waals surface area contributed by atoms with Crippen molar-refractivity contribution in [3.8, 4) is 5.75 Å². The zero-order valence-electron chi connectivity index (χ0n) is 19.1. The Labute approximate surface area is 194 Å². The molecule has 4 heteroatoms. The van der Waals surface area contributed by atoms with Crippen molar-refractivity contribution in [2.75, 3.05) is 18.0 Å². The Hall–Kier alpha value is -3.37. The van der Waals surface area contributed by atoms with Crippen molar-refractivity contribution in [3.63, 3.8) is 0 Å². The van der Waals surface area contributed by atoms with Crippen molar-refractivity contribution in [2.45, 2.75) is 32.4 Å². The number of fused-ring (bicyclic) bond motifs is 2. The second-order valence-corrected chi connectivity index (χ2v) is 8.83. The minimum atomic E-state index is -0.277. The zero-order valence-corrected chi connectivity index (χ0v) is 19.1. The zero-order chi connectivity index (χ0) is 22.8. The van der Waals surface area contributed by atoms with Crippen LogP contribution >= 0.6 is 0 Å². The van der Waals surface area contributed by atoms with Gasteiger partial charge in [-0.1, -0.05) is 60.2 Å². The first-order valence-corrected chi connectivity index (χ1v) is 11.6. The maximum absolute atomic E-state index is 14.0. The molecule has 2 atom stereocenters. The van der Waals surface area contributed by atoms with Gasteiger partial charge in [-0.2, -0.15) is 0 Å². The molecule has 0 saturated carbocycles. The van der Waals surface area contributed by atoms with Crippen molar-refractivity contribution in [3.05, 3.63) is 102 Å². The molecule has 5 rings (SSSR count). The van der Waals surface area contributed by atoms with Gasteiger partial charge in [0.25, 0.3) is 0 Å². The van der Waals surface area contributed by atoms with Crippen molar-refractivity contribution < 1.29 is 9.13 Å². The lowest BCUT2D eigenvalue weighted by Gasteiger charge is -2.36. The molecule has 0 bridgehead atoms. The Balaban J connectivity index is 1.30. The number of nitrogens with zero attached hydrogens (tertiary/aromatic N) is 1. The van der Waals surface area contributed by atoms with Crippen LogP contribution < -0.4 is 15.0 Å². The summed E-state index contributed by atoms with van der Waals surface area (Å²) in [5, 5.41) is 6.20. The molecule has 0 spiro atoms. The highest BCUT2D eigenvalue weighted by Gasteiger charge is 2.27. The summed E-state index contributed by atoms with van der Waals surface area (Å²) in [6.45, 7) is 5.82. The maximum atomic E-state index is 14.0. The van der Waals surface area contributed by atoms with Crippen molar-refractivity contribution in [1.29, 1.82) is 0 Å². The predicted octanol–water partition coefficient (Wildman–Crippen LogP) is 6.93. The van der Waals surface area contributed by atoms with E-state index in [2.05, 4.69) is 90.8 Å². The van der Waals surface area contributed by atoms with E-state index in [0.29, 0.717) is 5.75 Å². The lowest BCUT2D eigenvalue weighted by Crippen LogP contribution is -2.39. The highest BCUT2D eigenvalue weighted by molar-refractivity contribution is 5.86. The molecule has 1 N–H and O–H groups in total. The topological polar surface area (TPSA) is 24.5 Å². The summed E-state index contributed by atoms with van der Waals surface area (Å²) in [5.41, 5.74) is 4.52. The molecular formula is C29H29FN2O. The molecule has 0 saturated heterocycles. The van der Waals surface area contributed by atoms with Gasteiger partial charge in [0.15, 0.2) is 0 Å². The van der Waals surface area contributed by atoms with Crippen LogP contribution in [0.25, 0.3) is 10.8 Å². The van der Waals surface area contributed by atoms with Crippen molar-refractivity contribution in [1.82, 2.24) is 5.32 Å². The first kappa shape index (κ1) is 21.5. The standard InChI is InChI=1S/C29H29FN2O/c1-20-10-13-24(14-11-20)32-19-25(33-29-18-23(30)12-15-28(29)32)16-17-31-21(2)26-9-5-7-22-6-3-4-8-27(22)26/h3-15,18,21,25,31H,16-17,19H2,1-2H3/t21-,25?/m1/s1. The maximum Gasteiger partial charge on any atom is 0.146 e. The van der Waals surface area contributed by atoms with E-state index < -0.39 is 0 Å². The van der Waals surface area contributed by atoms with E-state index in [1.54, 1.807) is 0 Å². The molecule has 168 valence electrons. The molecule has 33 heavy (non-hydrogen) atoms. The van der Waals surface area contributed by atoms with Gasteiger partial charge in [-0.25, -0.2) is 4.39 Å². The lowest BCUT2D eigenvalue weighted by atomic mass is 9.99. The molecule has 0 amide bonds. The van der Waals surface area contributed by atoms with Gasteiger partial charge in [0.05, 0.1) is 12.2 Å². The number of hydrogen-bond donors (Lipinski definition) is 1. The fourth-order valence-electron chi connectivity index (χ4n) is 4.64. The molecule has 1 heterocycles. The van der Waals surface area contributed by atoms with E-state index >= 15 is 0 Å². The Morgan fingerprint density at radius 1 is 1.00 bits per heavy atom. The highest BCUT2D eigenvalue weighted by atomic mass is 19.1.